The smallest absolute Gasteiger partial charge is 0.221 e. The zero-order valence-electron chi connectivity index (χ0n) is 9.58. The molecule has 1 rings (SSSR count). The lowest BCUT2D eigenvalue weighted by molar-refractivity contribution is -0.130. The summed E-state index contributed by atoms with van der Waals surface area (Å²) in [5.41, 5.74) is 0. The fourth-order valence-corrected chi connectivity index (χ4v) is 1.56. The van der Waals surface area contributed by atoms with Gasteiger partial charge in [-0.2, -0.15) is 0 Å². The normalized spacial score (nSPS) is 14.8. The van der Waals surface area contributed by atoms with Crippen LogP contribution in [0.25, 0.3) is 0 Å². The minimum atomic E-state index is 0.0451. The molecule has 4 heteroatoms. The number of carbonyl (C=O) groups is 2. The van der Waals surface area contributed by atoms with E-state index in [0.717, 1.165) is 25.8 Å². The topological polar surface area (TPSA) is 49.4 Å². The Morgan fingerprint density at radius 1 is 1.40 bits per heavy atom. The van der Waals surface area contributed by atoms with Gasteiger partial charge in [0.2, 0.25) is 11.8 Å². The van der Waals surface area contributed by atoms with Gasteiger partial charge >= 0.3 is 0 Å². The fourth-order valence-electron chi connectivity index (χ4n) is 1.56. The first-order valence-electron chi connectivity index (χ1n) is 5.69. The fraction of sp³-hybridized carbons (Fsp3) is 0.818. The highest BCUT2D eigenvalue weighted by atomic mass is 16.2. The van der Waals surface area contributed by atoms with Gasteiger partial charge < -0.3 is 10.2 Å². The Balaban J connectivity index is 2.21. The van der Waals surface area contributed by atoms with Crippen molar-refractivity contribution < 1.29 is 9.59 Å². The quantitative estimate of drug-likeness (QED) is 0.711. The summed E-state index contributed by atoms with van der Waals surface area (Å²) in [6.45, 7) is 4.88. The molecule has 1 aliphatic rings. The molecule has 1 fully saturated rings. The van der Waals surface area contributed by atoms with Crippen LogP contribution in [0.4, 0.5) is 0 Å². The van der Waals surface area contributed by atoms with Crippen LogP contribution in [0.5, 0.6) is 0 Å². The van der Waals surface area contributed by atoms with Crippen molar-refractivity contribution >= 4 is 11.8 Å². The Bertz CT molecular complexity index is 237. The number of hydrogen-bond acceptors (Lipinski definition) is 2. The first kappa shape index (κ1) is 12.0. The summed E-state index contributed by atoms with van der Waals surface area (Å²) in [6, 6.07) is 0.404. The van der Waals surface area contributed by atoms with Gasteiger partial charge in [0.25, 0.3) is 0 Å². The second kappa shape index (κ2) is 5.73. The first-order valence-corrected chi connectivity index (χ1v) is 5.69. The molecule has 0 atom stereocenters. The van der Waals surface area contributed by atoms with Crippen LogP contribution in [0.2, 0.25) is 0 Å². The molecule has 0 aromatic heterocycles. The molecule has 0 saturated heterocycles. The third-order valence-electron chi connectivity index (χ3n) is 2.54. The van der Waals surface area contributed by atoms with Crippen LogP contribution in [0.1, 0.15) is 39.5 Å². The molecule has 1 aliphatic carbocycles. The van der Waals surface area contributed by atoms with Gasteiger partial charge in [-0.25, -0.2) is 0 Å². The van der Waals surface area contributed by atoms with E-state index in [9.17, 15) is 9.59 Å². The van der Waals surface area contributed by atoms with Crippen molar-refractivity contribution in [3.63, 3.8) is 0 Å². The van der Waals surface area contributed by atoms with Gasteiger partial charge in [0.05, 0.1) is 0 Å². The third-order valence-corrected chi connectivity index (χ3v) is 2.54. The zero-order chi connectivity index (χ0) is 11.3. The zero-order valence-corrected chi connectivity index (χ0v) is 9.58. The number of carbonyl (C=O) groups excluding carboxylic acids is 2. The van der Waals surface area contributed by atoms with Gasteiger partial charge in [-0.1, -0.05) is 6.92 Å². The summed E-state index contributed by atoms with van der Waals surface area (Å²) < 4.78 is 0. The highest BCUT2D eigenvalue weighted by Crippen LogP contribution is 2.26. The van der Waals surface area contributed by atoms with Gasteiger partial charge in [-0.05, 0) is 19.3 Å². The average molecular weight is 212 g/mol. The van der Waals surface area contributed by atoms with E-state index >= 15 is 0 Å². The van der Waals surface area contributed by atoms with Gasteiger partial charge in [0.1, 0.15) is 0 Å². The van der Waals surface area contributed by atoms with Crippen LogP contribution in [-0.2, 0) is 9.59 Å². The molecule has 1 saturated carbocycles. The molecule has 0 bridgehead atoms. The van der Waals surface area contributed by atoms with Crippen LogP contribution in [0.3, 0.4) is 0 Å². The molecule has 86 valence electrons. The van der Waals surface area contributed by atoms with E-state index in [1.165, 1.54) is 0 Å². The van der Waals surface area contributed by atoms with Crippen molar-refractivity contribution in [2.45, 2.75) is 45.6 Å². The van der Waals surface area contributed by atoms with Gasteiger partial charge in [-0.3, -0.25) is 9.59 Å². The highest BCUT2D eigenvalue weighted by Gasteiger charge is 2.30. The lowest BCUT2D eigenvalue weighted by atomic mass is 10.3. The number of nitrogens with one attached hydrogen (secondary N) is 1. The minimum absolute atomic E-state index is 0.0451. The third kappa shape index (κ3) is 4.32. The summed E-state index contributed by atoms with van der Waals surface area (Å²) in [5, 5.41) is 2.81. The van der Waals surface area contributed by atoms with E-state index in [1.54, 1.807) is 6.92 Å². The second-order valence-corrected chi connectivity index (χ2v) is 4.04. The maximum absolute atomic E-state index is 11.3. The van der Waals surface area contributed by atoms with Crippen molar-refractivity contribution in [1.82, 2.24) is 10.2 Å². The van der Waals surface area contributed by atoms with E-state index < -0.39 is 0 Å². The lowest BCUT2D eigenvalue weighted by Gasteiger charge is -2.19. The molecule has 2 amide bonds. The Labute approximate surface area is 91.0 Å². The monoisotopic (exact) mass is 212 g/mol. The molecule has 0 radical (unpaired) electrons. The van der Waals surface area contributed by atoms with Crippen molar-refractivity contribution in [3.8, 4) is 0 Å². The van der Waals surface area contributed by atoms with E-state index in [2.05, 4.69) is 5.32 Å². The Hall–Kier alpha value is -1.06. The SMILES string of the molecule is CCCNC(=O)CCN(C(C)=O)C1CC1. The van der Waals surface area contributed by atoms with Crippen molar-refractivity contribution in [1.29, 1.82) is 0 Å². The number of nitrogens with zero attached hydrogens (tertiary/aromatic N) is 1. The molecule has 0 aromatic rings. The van der Waals surface area contributed by atoms with Crippen molar-refractivity contribution in [3.05, 3.63) is 0 Å². The summed E-state index contributed by atoms with van der Waals surface area (Å²) in [5.74, 6) is 0.129. The number of rotatable bonds is 6. The molecule has 0 spiro atoms. The van der Waals surface area contributed by atoms with Gasteiger partial charge in [0, 0.05) is 32.5 Å². The maximum Gasteiger partial charge on any atom is 0.221 e. The standard InChI is InChI=1S/C11H20N2O2/c1-3-7-12-11(15)6-8-13(9(2)14)10-4-5-10/h10H,3-8H2,1-2H3,(H,12,15). The van der Waals surface area contributed by atoms with Crippen LogP contribution in [0.15, 0.2) is 0 Å². The summed E-state index contributed by atoms with van der Waals surface area (Å²) >= 11 is 0. The predicted molar refractivity (Wildman–Crippen MR) is 58.3 cm³/mol. The largest absolute Gasteiger partial charge is 0.356 e. The predicted octanol–water partition coefficient (Wildman–Crippen LogP) is 0.914. The summed E-state index contributed by atoms with van der Waals surface area (Å²) in [7, 11) is 0. The lowest BCUT2D eigenvalue weighted by Crippen LogP contribution is -2.35. The van der Waals surface area contributed by atoms with Gasteiger partial charge in [0.15, 0.2) is 0 Å². The molecule has 0 aliphatic heterocycles. The number of hydrogen-bond donors (Lipinski definition) is 1. The van der Waals surface area contributed by atoms with Crippen LogP contribution in [-0.4, -0.2) is 35.8 Å². The molecule has 4 nitrogen and oxygen atoms in total. The molecular weight excluding hydrogens is 192 g/mol. The minimum Gasteiger partial charge on any atom is -0.356 e. The van der Waals surface area contributed by atoms with Crippen LogP contribution >= 0.6 is 0 Å². The molecule has 0 aromatic carbocycles. The molecular formula is C11H20N2O2. The van der Waals surface area contributed by atoms with Gasteiger partial charge in [-0.15, -0.1) is 0 Å². The van der Waals surface area contributed by atoms with Crippen LogP contribution in [0, 0.1) is 0 Å². The van der Waals surface area contributed by atoms with E-state index in [-0.39, 0.29) is 11.8 Å². The Morgan fingerprint density at radius 3 is 2.53 bits per heavy atom. The number of amides is 2. The molecule has 0 unspecified atom stereocenters. The van der Waals surface area contributed by atoms with E-state index in [0.29, 0.717) is 19.0 Å². The van der Waals surface area contributed by atoms with Crippen molar-refractivity contribution in [2.75, 3.05) is 13.1 Å². The average Bonchev–Trinajstić information content (AvgIpc) is 2.98. The second-order valence-electron chi connectivity index (χ2n) is 4.04. The first-order chi connectivity index (χ1) is 7.15. The summed E-state index contributed by atoms with van der Waals surface area (Å²) in [6.07, 6.45) is 3.56. The molecule has 0 heterocycles. The van der Waals surface area contributed by atoms with E-state index in [1.807, 2.05) is 11.8 Å². The van der Waals surface area contributed by atoms with Crippen molar-refractivity contribution in [2.24, 2.45) is 0 Å². The highest BCUT2D eigenvalue weighted by molar-refractivity contribution is 5.78. The Morgan fingerprint density at radius 2 is 2.07 bits per heavy atom. The maximum atomic E-state index is 11.3. The van der Waals surface area contributed by atoms with Crippen LogP contribution < -0.4 is 5.32 Å². The summed E-state index contributed by atoms with van der Waals surface area (Å²) in [4.78, 5) is 24.4. The molecule has 15 heavy (non-hydrogen) atoms. The Kier molecular flexibility index (Phi) is 4.59. The molecule has 1 N–H and O–H groups in total. The van der Waals surface area contributed by atoms with E-state index in [4.69, 9.17) is 0 Å².